The molecule has 6 nitrogen and oxygen atoms in total. The second-order valence-corrected chi connectivity index (χ2v) is 9.01. The Bertz CT molecular complexity index is 794. The quantitative estimate of drug-likeness (QED) is 0.528. The van der Waals surface area contributed by atoms with E-state index < -0.39 is 6.10 Å². The molecular formula is C26H39N3O3. The highest BCUT2D eigenvalue weighted by molar-refractivity contribution is 5.43. The molecule has 1 saturated heterocycles. The Balaban J connectivity index is 1.45. The van der Waals surface area contributed by atoms with E-state index in [1.807, 2.05) is 37.4 Å². The first-order chi connectivity index (χ1) is 15.5. The number of nitrogens with zero attached hydrogens (tertiary/aromatic N) is 2. The van der Waals surface area contributed by atoms with Crippen LogP contribution in [0.25, 0.3) is 0 Å². The van der Waals surface area contributed by atoms with Gasteiger partial charge in [0.25, 0.3) is 0 Å². The van der Waals surface area contributed by atoms with Gasteiger partial charge in [0.05, 0.1) is 7.11 Å². The molecule has 0 aliphatic carbocycles. The van der Waals surface area contributed by atoms with Gasteiger partial charge < -0.3 is 24.8 Å². The topological polar surface area (TPSA) is 57.2 Å². The molecule has 0 saturated carbocycles. The fraction of sp³-hybridized carbons (Fsp3) is 0.538. The van der Waals surface area contributed by atoms with Gasteiger partial charge in [-0.2, -0.15) is 0 Å². The van der Waals surface area contributed by atoms with E-state index in [2.05, 4.69) is 40.4 Å². The van der Waals surface area contributed by atoms with Gasteiger partial charge in [-0.15, -0.1) is 0 Å². The smallest absolute Gasteiger partial charge is 0.161 e. The van der Waals surface area contributed by atoms with Crippen LogP contribution in [0.3, 0.4) is 0 Å². The lowest BCUT2D eigenvalue weighted by molar-refractivity contribution is 0.0732. The number of likely N-dealkylation sites (N-methyl/N-ethyl adjacent to an activating group) is 1. The molecule has 6 heteroatoms. The number of nitrogens with one attached hydrogen (secondary N) is 1. The van der Waals surface area contributed by atoms with E-state index in [-0.39, 0.29) is 6.61 Å². The number of hydrogen-bond donors (Lipinski definition) is 2. The van der Waals surface area contributed by atoms with E-state index in [0.717, 1.165) is 31.1 Å². The molecule has 2 N–H and O–H groups in total. The molecule has 32 heavy (non-hydrogen) atoms. The van der Waals surface area contributed by atoms with Gasteiger partial charge >= 0.3 is 0 Å². The van der Waals surface area contributed by atoms with Crippen molar-refractivity contribution in [3.63, 3.8) is 0 Å². The Labute approximate surface area is 193 Å². The number of aliphatic hydroxyl groups is 1. The normalized spacial score (nSPS) is 16.3. The van der Waals surface area contributed by atoms with Crippen LogP contribution in [0.2, 0.25) is 0 Å². The van der Waals surface area contributed by atoms with Gasteiger partial charge in [-0.1, -0.05) is 36.4 Å². The first-order valence-electron chi connectivity index (χ1n) is 11.6. The summed E-state index contributed by atoms with van der Waals surface area (Å²) in [5.74, 6) is 2.12. The minimum atomic E-state index is -0.584. The first kappa shape index (κ1) is 24.5. The van der Waals surface area contributed by atoms with E-state index in [1.54, 1.807) is 7.11 Å². The number of aliphatic hydroxyl groups excluding tert-OH is 1. The third kappa shape index (κ3) is 8.10. The van der Waals surface area contributed by atoms with Crippen molar-refractivity contribution in [1.82, 2.24) is 15.1 Å². The highest BCUT2D eigenvalue weighted by Gasteiger charge is 2.16. The number of ether oxygens (including phenoxy) is 2. The molecule has 0 unspecified atom stereocenters. The van der Waals surface area contributed by atoms with Crippen LogP contribution in [0.4, 0.5) is 0 Å². The van der Waals surface area contributed by atoms with Crippen LogP contribution in [0.1, 0.15) is 24.0 Å². The number of hydrogen-bond acceptors (Lipinski definition) is 6. The van der Waals surface area contributed by atoms with Gasteiger partial charge in [-0.3, -0.25) is 4.90 Å². The van der Waals surface area contributed by atoms with Crippen molar-refractivity contribution in [3.05, 3.63) is 59.7 Å². The van der Waals surface area contributed by atoms with Gasteiger partial charge in [0.1, 0.15) is 12.7 Å². The van der Waals surface area contributed by atoms with Crippen LogP contribution in [0, 0.1) is 5.92 Å². The first-order valence-corrected chi connectivity index (χ1v) is 11.6. The van der Waals surface area contributed by atoms with Crippen LogP contribution >= 0.6 is 0 Å². The monoisotopic (exact) mass is 441 g/mol. The van der Waals surface area contributed by atoms with Crippen molar-refractivity contribution in [2.75, 3.05) is 54.0 Å². The number of rotatable bonds is 12. The summed E-state index contributed by atoms with van der Waals surface area (Å²) in [6.07, 6.45) is 1.94. The van der Waals surface area contributed by atoms with Crippen LogP contribution in [-0.2, 0) is 13.1 Å². The standard InChI is InChI=1S/C26H39N3O3/c1-28-13-11-21(12-14-28)16-27-17-23-9-10-25(31-3)26(15-23)32-20-24(30)19-29(2)18-22-7-5-4-6-8-22/h4-10,15,21,24,27,30H,11-14,16-20H2,1-3H3/t24-/m0/s1. The highest BCUT2D eigenvalue weighted by Crippen LogP contribution is 2.28. The zero-order chi connectivity index (χ0) is 22.8. The molecule has 2 aromatic carbocycles. The summed E-state index contributed by atoms with van der Waals surface area (Å²) in [6, 6.07) is 16.3. The second kappa shape index (κ2) is 12.8. The maximum Gasteiger partial charge on any atom is 0.161 e. The summed E-state index contributed by atoms with van der Waals surface area (Å²) in [7, 11) is 5.85. The summed E-state index contributed by atoms with van der Waals surface area (Å²) in [5, 5.41) is 14.1. The number of piperidine rings is 1. The van der Waals surface area contributed by atoms with Crippen molar-refractivity contribution >= 4 is 0 Å². The van der Waals surface area contributed by atoms with Gasteiger partial charge in [0.2, 0.25) is 0 Å². The Morgan fingerprint density at radius 2 is 1.84 bits per heavy atom. The molecule has 1 aliphatic heterocycles. The molecular weight excluding hydrogens is 402 g/mol. The van der Waals surface area contributed by atoms with E-state index >= 15 is 0 Å². The van der Waals surface area contributed by atoms with Gasteiger partial charge in [-0.25, -0.2) is 0 Å². The maximum absolute atomic E-state index is 10.5. The van der Waals surface area contributed by atoms with E-state index in [0.29, 0.717) is 18.0 Å². The maximum atomic E-state index is 10.5. The molecule has 2 aromatic rings. The van der Waals surface area contributed by atoms with Crippen LogP contribution in [0.5, 0.6) is 11.5 Å². The predicted molar refractivity (Wildman–Crippen MR) is 129 cm³/mol. The number of methoxy groups -OCH3 is 1. The van der Waals surface area contributed by atoms with E-state index in [4.69, 9.17) is 9.47 Å². The van der Waals surface area contributed by atoms with Gasteiger partial charge in [0.15, 0.2) is 11.5 Å². The van der Waals surface area contributed by atoms with Crippen LogP contribution in [0.15, 0.2) is 48.5 Å². The Kier molecular flexibility index (Phi) is 9.81. The SMILES string of the molecule is COc1ccc(CNCC2CCN(C)CC2)cc1OC[C@@H](O)CN(C)Cc1ccccc1. The molecule has 1 aliphatic rings. The zero-order valence-corrected chi connectivity index (χ0v) is 19.8. The summed E-state index contributed by atoms with van der Waals surface area (Å²) >= 11 is 0. The molecule has 0 aromatic heterocycles. The Morgan fingerprint density at radius 3 is 2.56 bits per heavy atom. The van der Waals surface area contributed by atoms with E-state index in [9.17, 15) is 5.11 Å². The Morgan fingerprint density at radius 1 is 1.09 bits per heavy atom. The molecule has 0 amide bonds. The molecule has 176 valence electrons. The van der Waals surface area contributed by atoms with E-state index in [1.165, 1.54) is 31.5 Å². The van der Waals surface area contributed by atoms with Crippen molar-refractivity contribution in [1.29, 1.82) is 0 Å². The summed E-state index contributed by atoms with van der Waals surface area (Å²) in [5.41, 5.74) is 2.38. The lowest BCUT2D eigenvalue weighted by Crippen LogP contribution is -2.34. The summed E-state index contributed by atoms with van der Waals surface area (Å²) in [6.45, 7) is 5.78. The lowest BCUT2D eigenvalue weighted by Gasteiger charge is -2.29. The van der Waals surface area contributed by atoms with Crippen molar-refractivity contribution in [2.45, 2.75) is 32.0 Å². The number of likely N-dealkylation sites (tertiary alicyclic amines) is 1. The largest absolute Gasteiger partial charge is 0.493 e. The molecule has 3 rings (SSSR count). The highest BCUT2D eigenvalue weighted by atomic mass is 16.5. The van der Waals surface area contributed by atoms with Crippen molar-refractivity contribution in [2.24, 2.45) is 5.92 Å². The third-order valence-electron chi connectivity index (χ3n) is 6.08. The molecule has 0 bridgehead atoms. The predicted octanol–water partition coefficient (Wildman–Crippen LogP) is 3.00. The van der Waals surface area contributed by atoms with Crippen LogP contribution in [-0.4, -0.2) is 75.0 Å². The molecule has 1 fully saturated rings. The molecule has 1 heterocycles. The van der Waals surface area contributed by atoms with Crippen molar-refractivity contribution in [3.8, 4) is 11.5 Å². The molecule has 0 radical (unpaired) electrons. The van der Waals surface area contributed by atoms with Crippen LogP contribution < -0.4 is 14.8 Å². The fourth-order valence-electron chi connectivity index (χ4n) is 4.19. The minimum Gasteiger partial charge on any atom is -0.493 e. The summed E-state index contributed by atoms with van der Waals surface area (Å²) < 4.78 is 11.4. The zero-order valence-electron chi connectivity index (χ0n) is 19.8. The minimum absolute atomic E-state index is 0.224. The molecule has 0 spiro atoms. The number of benzene rings is 2. The fourth-order valence-corrected chi connectivity index (χ4v) is 4.19. The van der Waals surface area contributed by atoms with Crippen molar-refractivity contribution < 1.29 is 14.6 Å². The second-order valence-electron chi connectivity index (χ2n) is 9.01. The summed E-state index contributed by atoms with van der Waals surface area (Å²) in [4.78, 5) is 4.50. The average Bonchev–Trinajstić information content (AvgIpc) is 2.79. The average molecular weight is 442 g/mol. The Hall–Kier alpha value is -2.12. The van der Waals surface area contributed by atoms with Gasteiger partial charge in [-0.05, 0) is 75.7 Å². The lowest BCUT2D eigenvalue weighted by atomic mass is 9.97. The third-order valence-corrected chi connectivity index (χ3v) is 6.08. The van der Waals surface area contributed by atoms with Gasteiger partial charge in [0, 0.05) is 19.6 Å². The molecule has 1 atom stereocenters.